The highest BCUT2D eigenvalue weighted by atomic mass is 32.2. The number of anilines is 1. The molecule has 2 amide bonds. The number of hydrogen-bond acceptors (Lipinski definition) is 5. The van der Waals surface area contributed by atoms with Gasteiger partial charge in [0.05, 0.1) is 29.8 Å². The lowest BCUT2D eigenvalue weighted by molar-refractivity contribution is -0.122. The van der Waals surface area contributed by atoms with Crippen LogP contribution in [0.2, 0.25) is 0 Å². The van der Waals surface area contributed by atoms with Crippen molar-refractivity contribution in [3.63, 3.8) is 0 Å². The van der Waals surface area contributed by atoms with E-state index >= 15 is 0 Å². The van der Waals surface area contributed by atoms with Crippen molar-refractivity contribution in [1.29, 1.82) is 0 Å². The normalized spacial score (nSPS) is 16.6. The third-order valence-corrected chi connectivity index (χ3v) is 7.63. The zero-order chi connectivity index (χ0) is 23.9. The molecule has 0 aliphatic carbocycles. The van der Waals surface area contributed by atoms with Crippen molar-refractivity contribution in [2.75, 3.05) is 4.90 Å². The van der Waals surface area contributed by atoms with Crippen molar-refractivity contribution in [1.82, 2.24) is 4.31 Å². The van der Waals surface area contributed by atoms with Crippen LogP contribution < -0.4 is 4.90 Å². The van der Waals surface area contributed by atoms with E-state index in [-0.39, 0.29) is 23.5 Å². The number of nitrogens with zero attached hydrogens (tertiary/aromatic N) is 2. The molecule has 9 heteroatoms. The van der Waals surface area contributed by atoms with Crippen LogP contribution in [0.25, 0.3) is 10.8 Å². The molecular weight excluding hydrogens is 459 g/mol. The zero-order valence-corrected chi connectivity index (χ0v) is 18.6. The van der Waals surface area contributed by atoms with Gasteiger partial charge < -0.3 is 4.42 Å². The third kappa shape index (κ3) is 3.89. The van der Waals surface area contributed by atoms with Crippen molar-refractivity contribution in [2.45, 2.75) is 23.9 Å². The molecule has 172 valence electrons. The van der Waals surface area contributed by atoms with Crippen LogP contribution in [0.3, 0.4) is 0 Å². The van der Waals surface area contributed by atoms with E-state index < -0.39 is 33.7 Å². The summed E-state index contributed by atoms with van der Waals surface area (Å²) in [5.74, 6) is -1.46. The van der Waals surface area contributed by atoms with Crippen molar-refractivity contribution in [2.24, 2.45) is 0 Å². The number of furan rings is 1. The van der Waals surface area contributed by atoms with Crippen LogP contribution in [0.4, 0.5) is 10.1 Å². The molecule has 2 heterocycles. The topological polar surface area (TPSA) is 87.9 Å². The van der Waals surface area contributed by atoms with Gasteiger partial charge in [-0.25, -0.2) is 17.7 Å². The lowest BCUT2D eigenvalue weighted by Crippen LogP contribution is -2.45. The van der Waals surface area contributed by atoms with E-state index in [1.807, 2.05) is 12.1 Å². The van der Waals surface area contributed by atoms with Gasteiger partial charge in [0.25, 0.3) is 5.91 Å². The zero-order valence-electron chi connectivity index (χ0n) is 17.8. The average Bonchev–Trinajstić information content (AvgIpc) is 3.45. The lowest BCUT2D eigenvalue weighted by atomic mass is 10.1. The van der Waals surface area contributed by atoms with Gasteiger partial charge >= 0.3 is 0 Å². The highest BCUT2D eigenvalue weighted by molar-refractivity contribution is 7.89. The molecule has 1 saturated heterocycles. The summed E-state index contributed by atoms with van der Waals surface area (Å²) >= 11 is 0. The van der Waals surface area contributed by atoms with Gasteiger partial charge in [-0.3, -0.25) is 9.59 Å². The first-order chi connectivity index (χ1) is 16.3. The van der Waals surface area contributed by atoms with Crippen LogP contribution >= 0.6 is 0 Å². The first-order valence-electron chi connectivity index (χ1n) is 10.5. The van der Waals surface area contributed by atoms with Crippen LogP contribution in [0.15, 0.2) is 94.4 Å². The summed E-state index contributed by atoms with van der Waals surface area (Å²) in [7, 11) is -4.21. The molecule has 1 fully saturated rings. The Kier molecular flexibility index (Phi) is 5.51. The first-order valence-corrected chi connectivity index (χ1v) is 11.9. The summed E-state index contributed by atoms with van der Waals surface area (Å²) in [6.45, 7) is -0.233. The Labute approximate surface area is 195 Å². The molecule has 4 aromatic rings. The highest BCUT2D eigenvalue weighted by Gasteiger charge is 2.47. The number of hydrogen-bond donors (Lipinski definition) is 0. The minimum absolute atomic E-state index is 0.00163. The van der Waals surface area contributed by atoms with E-state index in [1.165, 1.54) is 24.5 Å². The Morgan fingerprint density at radius 3 is 2.38 bits per heavy atom. The Morgan fingerprint density at radius 1 is 0.941 bits per heavy atom. The molecule has 7 nitrogen and oxygen atoms in total. The standard InChI is InChI=1S/C25H19FN2O5S/c26-19-8-10-20(11-9-19)28-24(29)15-23(25(28)30)27(16-21-6-3-13-33-21)34(31,32)22-12-7-17-4-1-2-5-18(17)14-22/h1-14,23H,15-16H2. The summed E-state index contributed by atoms with van der Waals surface area (Å²) in [6.07, 6.45) is 1.06. The van der Waals surface area contributed by atoms with Crippen molar-refractivity contribution in [3.8, 4) is 0 Å². The van der Waals surface area contributed by atoms with E-state index in [9.17, 15) is 22.4 Å². The first kappa shape index (κ1) is 22.0. The van der Waals surface area contributed by atoms with Crippen LogP contribution in [-0.4, -0.2) is 30.6 Å². The Morgan fingerprint density at radius 2 is 1.68 bits per heavy atom. The van der Waals surface area contributed by atoms with Gasteiger partial charge in [0.15, 0.2) is 0 Å². The quantitative estimate of drug-likeness (QED) is 0.390. The summed E-state index contributed by atoms with van der Waals surface area (Å²) in [4.78, 5) is 27.0. The molecule has 1 aromatic heterocycles. The van der Waals surface area contributed by atoms with Crippen LogP contribution in [0, 0.1) is 5.82 Å². The summed E-state index contributed by atoms with van der Waals surface area (Å²) < 4.78 is 47.3. The van der Waals surface area contributed by atoms with Crippen LogP contribution in [0.5, 0.6) is 0 Å². The number of imide groups is 1. The molecule has 0 N–H and O–H groups in total. The molecule has 0 radical (unpaired) electrons. The lowest BCUT2D eigenvalue weighted by Gasteiger charge is -2.26. The van der Waals surface area contributed by atoms with Gasteiger partial charge in [-0.05, 0) is 59.3 Å². The Balaban J connectivity index is 1.56. The molecule has 0 bridgehead atoms. The van der Waals surface area contributed by atoms with E-state index in [4.69, 9.17) is 4.42 Å². The number of amides is 2. The monoisotopic (exact) mass is 478 g/mol. The van der Waals surface area contributed by atoms with E-state index in [0.717, 1.165) is 32.1 Å². The number of carbonyl (C=O) groups excluding carboxylic acids is 2. The molecular formula is C25H19FN2O5S. The highest BCUT2D eigenvalue weighted by Crippen LogP contribution is 2.31. The molecule has 1 unspecified atom stereocenters. The minimum Gasteiger partial charge on any atom is -0.468 e. The summed E-state index contributed by atoms with van der Waals surface area (Å²) in [6, 6.07) is 18.9. The van der Waals surface area contributed by atoms with Crippen molar-refractivity contribution < 1.29 is 26.8 Å². The smallest absolute Gasteiger partial charge is 0.252 e. The van der Waals surface area contributed by atoms with Crippen LogP contribution in [-0.2, 0) is 26.2 Å². The molecule has 1 aliphatic heterocycles. The number of rotatable bonds is 6. The molecule has 34 heavy (non-hydrogen) atoms. The molecule has 5 rings (SSSR count). The fraction of sp³-hybridized carbons (Fsp3) is 0.120. The number of carbonyl (C=O) groups is 2. The Bertz CT molecular complexity index is 1480. The molecule has 1 atom stereocenters. The maximum Gasteiger partial charge on any atom is 0.252 e. The minimum atomic E-state index is -4.21. The molecule has 3 aromatic carbocycles. The third-order valence-electron chi connectivity index (χ3n) is 5.77. The van der Waals surface area contributed by atoms with Gasteiger partial charge in [0.1, 0.15) is 17.6 Å². The van der Waals surface area contributed by atoms with Gasteiger partial charge in [0, 0.05) is 0 Å². The van der Waals surface area contributed by atoms with Gasteiger partial charge in [-0.15, -0.1) is 0 Å². The van der Waals surface area contributed by atoms with Crippen molar-refractivity contribution in [3.05, 3.63) is 96.7 Å². The number of fused-ring (bicyclic) bond motifs is 1. The largest absolute Gasteiger partial charge is 0.468 e. The van der Waals surface area contributed by atoms with Gasteiger partial charge in [-0.2, -0.15) is 4.31 Å². The summed E-state index contributed by atoms with van der Waals surface area (Å²) in [5, 5.41) is 1.59. The number of sulfonamides is 1. The second kappa shape index (κ2) is 8.51. The van der Waals surface area contributed by atoms with E-state index in [1.54, 1.807) is 36.4 Å². The predicted octanol–water partition coefficient (Wildman–Crippen LogP) is 4.09. The Hall–Kier alpha value is -3.82. The maximum atomic E-state index is 13.8. The van der Waals surface area contributed by atoms with Crippen molar-refractivity contribution >= 4 is 38.3 Å². The SMILES string of the molecule is O=C1CC(N(Cc2ccco2)S(=O)(=O)c2ccc3ccccc3c2)C(=O)N1c1ccc(F)cc1. The van der Waals surface area contributed by atoms with E-state index in [0.29, 0.717) is 5.76 Å². The van der Waals surface area contributed by atoms with Gasteiger partial charge in [-0.1, -0.05) is 30.3 Å². The van der Waals surface area contributed by atoms with Crippen LogP contribution in [0.1, 0.15) is 12.2 Å². The second-order valence-electron chi connectivity index (χ2n) is 7.90. The van der Waals surface area contributed by atoms with Gasteiger partial charge in [0.2, 0.25) is 15.9 Å². The molecule has 0 spiro atoms. The number of halogens is 1. The maximum absolute atomic E-state index is 13.8. The molecule has 0 saturated carbocycles. The number of benzene rings is 3. The second-order valence-corrected chi connectivity index (χ2v) is 9.79. The average molecular weight is 479 g/mol. The predicted molar refractivity (Wildman–Crippen MR) is 123 cm³/mol. The molecule has 1 aliphatic rings. The fourth-order valence-electron chi connectivity index (χ4n) is 4.08. The fourth-order valence-corrected chi connectivity index (χ4v) is 5.67. The van der Waals surface area contributed by atoms with E-state index in [2.05, 4.69) is 0 Å². The summed E-state index contributed by atoms with van der Waals surface area (Å²) in [5.41, 5.74) is 0.181.